The van der Waals surface area contributed by atoms with Crippen molar-refractivity contribution in [2.24, 2.45) is 0 Å². The standard InChI is InChI=1S/C13H17NS2/c1-9-6-13(11(3)16-9)7-14-10(2)12-4-5-15-8-12/h4-6,8,10,14H,7H2,1-3H3. The zero-order valence-electron chi connectivity index (χ0n) is 9.91. The second kappa shape index (κ2) is 5.13. The van der Waals surface area contributed by atoms with Crippen LogP contribution in [0, 0.1) is 13.8 Å². The van der Waals surface area contributed by atoms with E-state index < -0.39 is 0 Å². The van der Waals surface area contributed by atoms with Crippen molar-refractivity contribution >= 4 is 22.7 Å². The van der Waals surface area contributed by atoms with Gasteiger partial charge in [0.05, 0.1) is 0 Å². The predicted octanol–water partition coefficient (Wildman–Crippen LogP) is 4.28. The van der Waals surface area contributed by atoms with Crippen LogP contribution in [0.15, 0.2) is 22.9 Å². The van der Waals surface area contributed by atoms with Crippen LogP contribution in [0.3, 0.4) is 0 Å². The number of aryl methyl sites for hydroxylation is 2. The molecule has 0 saturated heterocycles. The summed E-state index contributed by atoms with van der Waals surface area (Å²) < 4.78 is 0. The zero-order valence-corrected chi connectivity index (χ0v) is 11.5. The summed E-state index contributed by atoms with van der Waals surface area (Å²) in [7, 11) is 0. The van der Waals surface area contributed by atoms with Crippen LogP contribution in [0.25, 0.3) is 0 Å². The molecule has 0 aliphatic carbocycles. The number of thiophene rings is 2. The Labute approximate surface area is 105 Å². The summed E-state index contributed by atoms with van der Waals surface area (Å²) >= 11 is 3.64. The summed E-state index contributed by atoms with van der Waals surface area (Å²) in [6.07, 6.45) is 0. The molecule has 0 saturated carbocycles. The quantitative estimate of drug-likeness (QED) is 0.855. The highest BCUT2D eigenvalue weighted by Gasteiger charge is 2.07. The monoisotopic (exact) mass is 251 g/mol. The molecule has 0 aliphatic rings. The van der Waals surface area contributed by atoms with Crippen molar-refractivity contribution in [2.75, 3.05) is 0 Å². The molecule has 86 valence electrons. The van der Waals surface area contributed by atoms with Gasteiger partial charge in [0.1, 0.15) is 0 Å². The average Bonchev–Trinajstić information content (AvgIpc) is 2.84. The lowest BCUT2D eigenvalue weighted by molar-refractivity contribution is 0.576. The normalized spacial score (nSPS) is 12.9. The highest BCUT2D eigenvalue weighted by Crippen LogP contribution is 2.22. The van der Waals surface area contributed by atoms with E-state index in [-0.39, 0.29) is 0 Å². The van der Waals surface area contributed by atoms with Crippen LogP contribution in [0.4, 0.5) is 0 Å². The third kappa shape index (κ3) is 2.73. The van der Waals surface area contributed by atoms with Crippen molar-refractivity contribution in [2.45, 2.75) is 33.4 Å². The third-order valence-electron chi connectivity index (χ3n) is 2.79. The Morgan fingerprint density at radius 3 is 2.75 bits per heavy atom. The fraction of sp³-hybridized carbons (Fsp3) is 0.385. The molecule has 0 fully saturated rings. The van der Waals surface area contributed by atoms with E-state index in [1.54, 1.807) is 11.3 Å². The summed E-state index contributed by atoms with van der Waals surface area (Å²) in [5.74, 6) is 0. The topological polar surface area (TPSA) is 12.0 Å². The van der Waals surface area contributed by atoms with Gasteiger partial charge in [-0.2, -0.15) is 11.3 Å². The van der Waals surface area contributed by atoms with Gasteiger partial charge in [0.2, 0.25) is 0 Å². The molecule has 3 heteroatoms. The van der Waals surface area contributed by atoms with E-state index in [0.29, 0.717) is 6.04 Å². The van der Waals surface area contributed by atoms with Crippen LogP contribution in [0.2, 0.25) is 0 Å². The number of nitrogens with one attached hydrogen (secondary N) is 1. The van der Waals surface area contributed by atoms with Crippen molar-refractivity contribution in [3.05, 3.63) is 43.8 Å². The molecule has 2 rings (SSSR count). The lowest BCUT2D eigenvalue weighted by atomic mass is 10.1. The Morgan fingerprint density at radius 2 is 2.19 bits per heavy atom. The summed E-state index contributed by atoms with van der Waals surface area (Å²) in [5.41, 5.74) is 2.82. The Kier molecular flexibility index (Phi) is 3.79. The molecule has 0 spiro atoms. The molecule has 1 atom stereocenters. The summed E-state index contributed by atoms with van der Waals surface area (Å²) in [6, 6.07) is 4.91. The van der Waals surface area contributed by atoms with Gasteiger partial charge in [-0.15, -0.1) is 11.3 Å². The van der Waals surface area contributed by atoms with E-state index in [1.165, 1.54) is 20.9 Å². The minimum Gasteiger partial charge on any atom is -0.306 e. The van der Waals surface area contributed by atoms with Gasteiger partial charge < -0.3 is 5.32 Å². The molecule has 0 aliphatic heterocycles. The Balaban J connectivity index is 1.95. The van der Waals surface area contributed by atoms with E-state index in [1.807, 2.05) is 11.3 Å². The third-order valence-corrected chi connectivity index (χ3v) is 4.50. The van der Waals surface area contributed by atoms with Crippen molar-refractivity contribution in [3.8, 4) is 0 Å². The fourth-order valence-electron chi connectivity index (χ4n) is 1.76. The van der Waals surface area contributed by atoms with Gasteiger partial charge in [0, 0.05) is 22.3 Å². The molecule has 2 aromatic rings. The Hall–Kier alpha value is -0.640. The van der Waals surface area contributed by atoms with Crippen LogP contribution in [-0.4, -0.2) is 0 Å². The van der Waals surface area contributed by atoms with Gasteiger partial charge in [0.15, 0.2) is 0 Å². The maximum Gasteiger partial charge on any atom is 0.0303 e. The first kappa shape index (κ1) is 11.8. The maximum absolute atomic E-state index is 3.57. The molecule has 16 heavy (non-hydrogen) atoms. The zero-order chi connectivity index (χ0) is 11.5. The molecule has 0 amide bonds. The number of hydrogen-bond acceptors (Lipinski definition) is 3. The Morgan fingerprint density at radius 1 is 1.38 bits per heavy atom. The maximum atomic E-state index is 3.57. The molecule has 1 nitrogen and oxygen atoms in total. The van der Waals surface area contributed by atoms with Crippen molar-refractivity contribution in [3.63, 3.8) is 0 Å². The van der Waals surface area contributed by atoms with Gasteiger partial charge in [0.25, 0.3) is 0 Å². The van der Waals surface area contributed by atoms with Crippen molar-refractivity contribution in [1.29, 1.82) is 0 Å². The van der Waals surface area contributed by atoms with Gasteiger partial charge >= 0.3 is 0 Å². The minimum absolute atomic E-state index is 0.436. The van der Waals surface area contributed by atoms with Gasteiger partial charge in [-0.25, -0.2) is 0 Å². The van der Waals surface area contributed by atoms with Crippen LogP contribution in [0.1, 0.15) is 33.8 Å². The molecule has 2 aromatic heterocycles. The van der Waals surface area contributed by atoms with E-state index in [4.69, 9.17) is 0 Å². The summed E-state index contributed by atoms with van der Waals surface area (Å²) in [6.45, 7) is 7.55. The molecule has 0 bridgehead atoms. The largest absolute Gasteiger partial charge is 0.306 e. The van der Waals surface area contributed by atoms with Crippen LogP contribution < -0.4 is 5.32 Å². The first-order chi connectivity index (χ1) is 7.66. The molecule has 1 unspecified atom stereocenters. The SMILES string of the molecule is Cc1cc(CNC(C)c2ccsc2)c(C)s1. The highest BCUT2D eigenvalue weighted by molar-refractivity contribution is 7.12. The number of hydrogen-bond donors (Lipinski definition) is 1. The van der Waals surface area contributed by atoms with E-state index in [2.05, 4.69) is 49.0 Å². The van der Waals surface area contributed by atoms with Gasteiger partial charge in [-0.05, 0) is 54.8 Å². The number of rotatable bonds is 4. The van der Waals surface area contributed by atoms with Crippen LogP contribution in [0.5, 0.6) is 0 Å². The van der Waals surface area contributed by atoms with Crippen LogP contribution in [-0.2, 0) is 6.54 Å². The molecule has 0 radical (unpaired) electrons. The molecule has 1 N–H and O–H groups in total. The lowest BCUT2D eigenvalue weighted by Gasteiger charge is -2.12. The second-order valence-corrected chi connectivity index (χ2v) is 6.34. The summed E-state index contributed by atoms with van der Waals surface area (Å²) in [5, 5.41) is 7.91. The van der Waals surface area contributed by atoms with Crippen molar-refractivity contribution < 1.29 is 0 Å². The van der Waals surface area contributed by atoms with Crippen molar-refractivity contribution in [1.82, 2.24) is 5.32 Å². The molecule has 0 aromatic carbocycles. The lowest BCUT2D eigenvalue weighted by Crippen LogP contribution is -2.17. The van der Waals surface area contributed by atoms with Gasteiger partial charge in [-0.1, -0.05) is 0 Å². The Bertz CT molecular complexity index is 442. The highest BCUT2D eigenvalue weighted by atomic mass is 32.1. The predicted molar refractivity (Wildman–Crippen MR) is 73.4 cm³/mol. The molecular formula is C13H17NS2. The van der Waals surface area contributed by atoms with E-state index in [9.17, 15) is 0 Å². The van der Waals surface area contributed by atoms with E-state index in [0.717, 1.165) is 6.54 Å². The summed E-state index contributed by atoms with van der Waals surface area (Å²) in [4.78, 5) is 2.83. The fourth-order valence-corrected chi connectivity index (χ4v) is 3.46. The first-order valence-corrected chi connectivity index (χ1v) is 7.24. The van der Waals surface area contributed by atoms with Crippen LogP contribution >= 0.6 is 22.7 Å². The van der Waals surface area contributed by atoms with Gasteiger partial charge in [-0.3, -0.25) is 0 Å². The minimum atomic E-state index is 0.436. The second-order valence-electron chi connectivity index (χ2n) is 4.10. The molecular weight excluding hydrogens is 234 g/mol. The first-order valence-electron chi connectivity index (χ1n) is 5.48. The average molecular weight is 251 g/mol. The molecule has 2 heterocycles. The van der Waals surface area contributed by atoms with E-state index >= 15 is 0 Å². The smallest absolute Gasteiger partial charge is 0.0303 e.